The zero-order chi connectivity index (χ0) is 30.8. The van der Waals surface area contributed by atoms with E-state index in [0.29, 0.717) is 22.9 Å². The number of carbonyl (C=O) groups is 2. The predicted octanol–water partition coefficient (Wildman–Crippen LogP) is 5.59. The van der Waals surface area contributed by atoms with E-state index in [1.807, 2.05) is 48.5 Å². The lowest BCUT2D eigenvalue weighted by Crippen LogP contribution is -2.52. The van der Waals surface area contributed by atoms with Crippen molar-refractivity contribution in [3.8, 4) is 5.75 Å². The van der Waals surface area contributed by atoms with Gasteiger partial charge in [-0.2, -0.15) is 0 Å². The number of carbonyl (C=O) groups excluding carboxylic acids is 2. The lowest BCUT2D eigenvalue weighted by Gasteiger charge is -2.33. The second-order valence-electron chi connectivity index (χ2n) is 10.9. The van der Waals surface area contributed by atoms with Crippen LogP contribution < -0.4 is 14.4 Å². The fraction of sp³-hybridized carbons (Fsp3) is 0.394. The van der Waals surface area contributed by atoms with Gasteiger partial charge in [0.1, 0.15) is 11.8 Å². The van der Waals surface area contributed by atoms with Gasteiger partial charge < -0.3 is 15.0 Å². The van der Waals surface area contributed by atoms with E-state index >= 15 is 0 Å². The molecule has 1 N–H and O–H groups in total. The van der Waals surface area contributed by atoms with Gasteiger partial charge in [0.2, 0.25) is 21.8 Å². The standard InChI is InChI=1S/C33H40ClN3O5S/c1-42-29-20-18-28(19-21-29)37(43(2,40)41)22-10-17-32(38)36(24-26-13-6-9-16-30(26)34)31(23-25-11-4-3-5-12-25)33(39)35-27-14-7-8-15-27/h3-6,9,11-13,16,18-21,27,31H,7-8,10,14-15,17,22-24H2,1-2H3,(H,35,39). The Morgan fingerprint density at radius 2 is 1.63 bits per heavy atom. The fourth-order valence-electron chi connectivity index (χ4n) is 5.48. The summed E-state index contributed by atoms with van der Waals surface area (Å²) in [6.07, 6.45) is 5.80. The molecule has 10 heteroatoms. The smallest absolute Gasteiger partial charge is 0.243 e. The maximum Gasteiger partial charge on any atom is 0.243 e. The Morgan fingerprint density at radius 3 is 2.26 bits per heavy atom. The van der Waals surface area contributed by atoms with E-state index in [0.717, 1.165) is 43.1 Å². The Morgan fingerprint density at radius 1 is 0.977 bits per heavy atom. The third-order valence-electron chi connectivity index (χ3n) is 7.78. The van der Waals surface area contributed by atoms with E-state index in [1.165, 1.54) is 4.31 Å². The van der Waals surface area contributed by atoms with Gasteiger partial charge in [-0.3, -0.25) is 13.9 Å². The molecule has 0 aliphatic heterocycles. The molecule has 1 fully saturated rings. The second kappa shape index (κ2) is 15.3. The van der Waals surface area contributed by atoms with Gasteiger partial charge in [-0.05, 0) is 60.7 Å². The van der Waals surface area contributed by atoms with Crippen LogP contribution in [0.1, 0.15) is 49.7 Å². The molecule has 0 spiro atoms. The fourth-order valence-corrected chi connectivity index (χ4v) is 6.64. The van der Waals surface area contributed by atoms with Crippen LogP contribution in [-0.2, 0) is 32.6 Å². The van der Waals surface area contributed by atoms with Crippen LogP contribution in [0.15, 0.2) is 78.9 Å². The molecular weight excluding hydrogens is 586 g/mol. The molecule has 1 aliphatic rings. The van der Waals surface area contributed by atoms with E-state index < -0.39 is 16.1 Å². The average molecular weight is 626 g/mol. The van der Waals surface area contributed by atoms with E-state index in [-0.39, 0.29) is 43.8 Å². The minimum atomic E-state index is -3.61. The maximum atomic E-state index is 14.0. The number of nitrogens with zero attached hydrogens (tertiary/aromatic N) is 2. The van der Waals surface area contributed by atoms with Crippen LogP contribution in [0.4, 0.5) is 5.69 Å². The number of hydrogen-bond acceptors (Lipinski definition) is 5. The summed E-state index contributed by atoms with van der Waals surface area (Å²) in [6, 6.07) is 23.0. The van der Waals surface area contributed by atoms with Crippen molar-refractivity contribution in [1.82, 2.24) is 10.2 Å². The molecule has 1 unspecified atom stereocenters. The first-order valence-electron chi connectivity index (χ1n) is 14.6. The van der Waals surface area contributed by atoms with Crippen molar-refractivity contribution in [3.05, 3.63) is 95.0 Å². The Bertz CT molecular complexity index is 1460. The van der Waals surface area contributed by atoms with Crippen LogP contribution in [0.3, 0.4) is 0 Å². The van der Waals surface area contributed by atoms with Crippen molar-refractivity contribution in [1.29, 1.82) is 0 Å². The van der Waals surface area contributed by atoms with Crippen LogP contribution in [0.5, 0.6) is 5.75 Å². The largest absolute Gasteiger partial charge is 0.497 e. The predicted molar refractivity (Wildman–Crippen MR) is 171 cm³/mol. The molecule has 43 heavy (non-hydrogen) atoms. The van der Waals surface area contributed by atoms with Gasteiger partial charge in [-0.25, -0.2) is 8.42 Å². The molecule has 0 saturated heterocycles. The minimum Gasteiger partial charge on any atom is -0.497 e. The summed E-state index contributed by atoms with van der Waals surface area (Å²) in [6.45, 7) is 0.261. The summed E-state index contributed by atoms with van der Waals surface area (Å²) < 4.78 is 31.8. The molecule has 3 aromatic carbocycles. The Kier molecular flexibility index (Phi) is 11.5. The number of ether oxygens (including phenoxy) is 1. The summed E-state index contributed by atoms with van der Waals surface area (Å²) in [4.78, 5) is 29.4. The van der Waals surface area contributed by atoms with Crippen molar-refractivity contribution < 1.29 is 22.7 Å². The normalized spacial score (nSPS) is 14.2. The van der Waals surface area contributed by atoms with Crippen molar-refractivity contribution >= 4 is 39.1 Å². The molecular formula is C33H40ClN3O5S. The van der Waals surface area contributed by atoms with Gasteiger partial charge in [-0.1, -0.05) is 73.0 Å². The quantitative estimate of drug-likeness (QED) is 0.252. The van der Waals surface area contributed by atoms with Gasteiger partial charge >= 0.3 is 0 Å². The number of anilines is 1. The number of nitrogens with one attached hydrogen (secondary N) is 1. The monoisotopic (exact) mass is 625 g/mol. The summed E-state index contributed by atoms with van der Waals surface area (Å²) >= 11 is 6.52. The van der Waals surface area contributed by atoms with Gasteiger partial charge in [0, 0.05) is 37.0 Å². The highest BCUT2D eigenvalue weighted by Gasteiger charge is 2.32. The van der Waals surface area contributed by atoms with E-state index in [2.05, 4.69) is 5.32 Å². The lowest BCUT2D eigenvalue weighted by atomic mass is 10.0. The number of sulfonamides is 1. The van der Waals surface area contributed by atoms with Crippen LogP contribution in [0.25, 0.3) is 0 Å². The van der Waals surface area contributed by atoms with Gasteiger partial charge in [0.25, 0.3) is 0 Å². The number of amides is 2. The summed E-state index contributed by atoms with van der Waals surface area (Å²) in [7, 11) is -2.06. The number of hydrogen-bond donors (Lipinski definition) is 1. The molecule has 1 saturated carbocycles. The Balaban J connectivity index is 1.58. The lowest BCUT2D eigenvalue weighted by molar-refractivity contribution is -0.141. The highest BCUT2D eigenvalue weighted by Crippen LogP contribution is 2.25. The molecule has 230 valence electrons. The average Bonchev–Trinajstić information content (AvgIpc) is 3.51. The molecule has 0 radical (unpaired) electrons. The number of benzene rings is 3. The molecule has 0 heterocycles. The second-order valence-corrected chi connectivity index (χ2v) is 13.3. The number of halogens is 1. The van der Waals surface area contributed by atoms with Crippen molar-refractivity contribution in [3.63, 3.8) is 0 Å². The first-order valence-corrected chi connectivity index (χ1v) is 16.9. The van der Waals surface area contributed by atoms with Crippen molar-refractivity contribution in [2.45, 2.75) is 63.6 Å². The topological polar surface area (TPSA) is 96.0 Å². The SMILES string of the molecule is COc1ccc(N(CCCC(=O)N(Cc2ccccc2Cl)C(Cc2ccccc2)C(=O)NC2CCCC2)S(C)(=O)=O)cc1. The maximum absolute atomic E-state index is 14.0. The van der Waals surface area contributed by atoms with E-state index in [4.69, 9.17) is 16.3 Å². The van der Waals surface area contributed by atoms with Crippen LogP contribution in [0, 0.1) is 0 Å². The molecule has 2 amide bonds. The molecule has 0 bridgehead atoms. The van der Waals surface area contributed by atoms with E-state index in [9.17, 15) is 18.0 Å². The molecule has 0 aromatic heterocycles. The highest BCUT2D eigenvalue weighted by molar-refractivity contribution is 7.92. The van der Waals surface area contributed by atoms with E-state index in [1.54, 1.807) is 42.3 Å². The third-order valence-corrected chi connectivity index (χ3v) is 9.35. The first kappa shape index (κ1) is 32.4. The molecule has 1 atom stereocenters. The molecule has 1 aliphatic carbocycles. The number of rotatable bonds is 14. The van der Waals surface area contributed by atoms with Crippen LogP contribution in [0.2, 0.25) is 5.02 Å². The molecule has 3 aromatic rings. The highest BCUT2D eigenvalue weighted by atomic mass is 35.5. The summed E-state index contributed by atoms with van der Waals surface area (Å²) in [5.41, 5.74) is 2.16. The first-order chi connectivity index (χ1) is 20.7. The third kappa shape index (κ3) is 9.21. The van der Waals surface area contributed by atoms with Gasteiger partial charge in [-0.15, -0.1) is 0 Å². The molecule has 4 rings (SSSR count). The Labute approximate surface area is 260 Å². The summed E-state index contributed by atoms with van der Waals surface area (Å²) in [5.74, 6) is 0.181. The van der Waals surface area contributed by atoms with Crippen LogP contribution in [-0.4, -0.2) is 57.1 Å². The van der Waals surface area contributed by atoms with Crippen molar-refractivity contribution in [2.75, 3.05) is 24.2 Å². The van der Waals surface area contributed by atoms with Gasteiger partial charge in [0.05, 0.1) is 19.1 Å². The number of methoxy groups -OCH3 is 1. The van der Waals surface area contributed by atoms with Gasteiger partial charge in [0.15, 0.2) is 0 Å². The minimum absolute atomic E-state index is 0.0502. The van der Waals surface area contributed by atoms with Crippen molar-refractivity contribution in [2.24, 2.45) is 0 Å². The van der Waals surface area contributed by atoms with Crippen LogP contribution >= 0.6 is 11.6 Å². The zero-order valence-electron chi connectivity index (χ0n) is 24.7. The summed E-state index contributed by atoms with van der Waals surface area (Å²) in [5, 5.41) is 3.71. The zero-order valence-corrected chi connectivity index (χ0v) is 26.3. The Hall–Kier alpha value is -3.56. The molecule has 8 nitrogen and oxygen atoms in total.